The van der Waals surface area contributed by atoms with Gasteiger partial charge >= 0.3 is 6.18 Å². The minimum Gasteiger partial charge on any atom is -0.325 e. The maximum absolute atomic E-state index is 12.7. The molecular weight excluding hydrogens is 409 g/mol. The highest BCUT2D eigenvalue weighted by Crippen LogP contribution is 2.36. The molecule has 1 aromatic heterocycles. The van der Waals surface area contributed by atoms with E-state index < -0.39 is 28.3 Å². The number of nitro groups is 1. The van der Waals surface area contributed by atoms with Crippen LogP contribution in [0.1, 0.15) is 5.56 Å². The van der Waals surface area contributed by atoms with Gasteiger partial charge in [0, 0.05) is 18.0 Å². The molecule has 0 saturated heterocycles. The van der Waals surface area contributed by atoms with Crippen LogP contribution in [-0.2, 0) is 11.0 Å². The van der Waals surface area contributed by atoms with Crippen molar-refractivity contribution >= 4 is 29.0 Å². The largest absolute Gasteiger partial charge is 0.416 e. The quantitative estimate of drug-likeness (QED) is 0.340. The molecule has 0 spiro atoms. The summed E-state index contributed by atoms with van der Waals surface area (Å²) in [5.41, 5.74) is 0.390. The molecule has 7 nitrogen and oxygen atoms in total. The standard InChI is InChI=1S/C18H13F3N4O3S/c19-18(20,21)12-3-6-16(15(9-12)25(27)28)29-10-17(26)23-13-4-1-11(2-5-13)14-7-8-22-24-14/h1-9H,10H2,(H,22,24)(H,23,26). The highest BCUT2D eigenvalue weighted by Gasteiger charge is 2.33. The van der Waals surface area contributed by atoms with E-state index in [9.17, 15) is 28.1 Å². The molecule has 11 heteroatoms. The summed E-state index contributed by atoms with van der Waals surface area (Å²) in [5, 5.41) is 20.4. The van der Waals surface area contributed by atoms with Gasteiger partial charge in [0.2, 0.25) is 5.91 Å². The molecule has 0 aliphatic carbocycles. The van der Waals surface area contributed by atoms with Crippen LogP contribution in [0.15, 0.2) is 59.6 Å². The molecule has 2 aromatic carbocycles. The van der Waals surface area contributed by atoms with Gasteiger partial charge in [-0.1, -0.05) is 12.1 Å². The van der Waals surface area contributed by atoms with Crippen molar-refractivity contribution in [2.24, 2.45) is 0 Å². The number of benzene rings is 2. The fraction of sp³-hybridized carbons (Fsp3) is 0.111. The molecule has 0 aliphatic heterocycles. The minimum absolute atomic E-state index is 0.0206. The molecule has 3 rings (SSSR count). The number of nitro benzene ring substituents is 1. The highest BCUT2D eigenvalue weighted by molar-refractivity contribution is 8.00. The number of carbonyl (C=O) groups excluding carboxylic acids is 1. The van der Waals surface area contributed by atoms with Gasteiger partial charge in [-0.3, -0.25) is 20.0 Å². The maximum atomic E-state index is 12.7. The van der Waals surface area contributed by atoms with Crippen LogP contribution >= 0.6 is 11.8 Å². The number of nitrogens with one attached hydrogen (secondary N) is 2. The van der Waals surface area contributed by atoms with E-state index in [1.54, 1.807) is 36.5 Å². The lowest BCUT2D eigenvalue weighted by molar-refractivity contribution is -0.388. The minimum atomic E-state index is -4.69. The van der Waals surface area contributed by atoms with Crippen molar-refractivity contribution < 1.29 is 22.9 Å². The normalized spacial score (nSPS) is 11.3. The summed E-state index contributed by atoms with van der Waals surface area (Å²) >= 11 is 0.789. The first-order valence-electron chi connectivity index (χ1n) is 8.12. The van der Waals surface area contributed by atoms with Gasteiger partial charge in [0.05, 0.1) is 26.8 Å². The van der Waals surface area contributed by atoms with E-state index in [2.05, 4.69) is 15.5 Å². The van der Waals surface area contributed by atoms with Crippen molar-refractivity contribution in [3.8, 4) is 11.3 Å². The van der Waals surface area contributed by atoms with Crippen LogP contribution in [0.5, 0.6) is 0 Å². The van der Waals surface area contributed by atoms with Gasteiger partial charge < -0.3 is 5.32 Å². The van der Waals surface area contributed by atoms with E-state index in [4.69, 9.17) is 0 Å². The number of thioether (sulfide) groups is 1. The van der Waals surface area contributed by atoms with Crippen LogP contribution in [0, 0.1) is 10.1 Å². The third-order valence-corrected chi connectivity index (χ3v) is 4.88. The molecule has 29 heavy (non-hydrogen) atoms. The lowest BCUT2D eigenvalue weighted by Gasteiger charge is -2.09. The number of H-pyrrole nitrogens is 1. The molecule has 1 heterocycles. The molecule has 0 fully saturated rings. The molecule has 0 saturated carbocycles. The molecule has 0 unspecified atom stereocenters. The SMILES string of the molecule is O=C(CSc1ccc(C(F)(F)F)cc1[N+](=O)[O-])Nc1ccc(-c2ccn[nH]2)cc1. The van der Waals surface area contributed by atoms with E-state index in [-0.39, 0.29) is 10.6 Å². The van der Waals surface area contributed by atoms with E-state index >= 15 is 0 Å². The van der Waals surface area contributed by atoms with Crippen molar-refractivity contribution in [3.63, 3.8) is 0 Å². The third kappa shape index (κ3) is 5.13. The Morgan fingerprint density at radius 2 is 1.90 bits per heavy atom. The number of hydrogen-bond acceptors (Lipinski definition) is 5. The number of hydrogen-bond donors (Lipinski definition) is 2. The van der Waals surface area contributed by atoms with Crippen LogP contribution in [0.25, 0.3) is 11.3 Å². The molecule has 0 atom stereocenters. The van der Waals surface area contributed by atoms with E-state index in [1.807, 2.05) is 0 Å². The number of carbonyl (C=O) groups is 1. The first-order valence-corrected chi connectivity index (χ1v) is 9.10. The first kappa shape index (κ1) is 20.4. The maximum Gasteiger partial charge on any atom is 0.416 e. The van der Waals surface area contributed by atoms with Crippen LogP contribution in [0.4, 0.5) is 24.5 Å². The smallest absolute Gasteiger partial charge is 0.325 e. The van der Waals surface area contributed by atoms with E-state index in [0.717, 1.165) is 35.2 Å². The van der Waals surface area contributed by atoms with Crippen molar-refractivity contribution in [2.45, 2.75) is 11.1 Å². The zero-order valence-corrected chi connectivity index (χ0v) is 15.4. The number of halogens is 3. The summed E-state index contributed by atoms with van der Waals surface area (Å²) in [6.45, 7) is 0. The van der Waals surface area contributed by atoms with Crippen LogP contribution in [-0.4, -0.2) is 26.8 Å². The summed E-state index contributed by atoms with van der Waals surface area (Å²) in [4.78, 5) is 22.3. The van der Waals surface area contributed by atoms with Crippen molar-refractivity contribution in [1.82, 2.24) is 10.2 Å². The Balaban J connectivity index is 1.64. The molecule has 0 aliphatic rings. The Hall–Kier alpha value is -3.34. The van der Waals surface area contributed by atoms with Crippen LogP contribution < -0.4 is 5.32 Å². The predicted octanol–water partition coefficient (Wildman–Crippen LogP) is 4.73. The van der Waals surface area contributed by atoms with Gasteiger partial charge in [0.1, 0.15) is 0 Å². The summed E-state index contributed by atoms with van der Waals surface area (Å²) in [5.74, 6) is -0.646. The number of aromatic amines is 1. The Morgan fingerprint density at radius 3 is 2.48 bits per heavy atom. The predicted molar refractivity (Wildman–Crippen MR) is 101 cm³/mol. The van der Waals surface area contributed by atoms with Gasteiger partial charge in [0.15, 0.2) is 0 Å². The molecule has 0 radical (unpaired) electrons. The second kappa shape index (κ2) is 8.35. The van der Waals surface area contributed by atoms with Gasteiger partial charge in [-0.25, -0.2) is 0 Å². The van der Waals surface area contributed by atoms with Crippen LogP contribution in [0.3, 0.4) is 0 Å². The number of amides is 1. The second-order valence-electron chi connectivity index (χ2n) is 5.82. The Bertz CT molecular complexity index is 1020. The summed E-state index contributed by atoms with van der Waals surface area (Å²) in [7, 11) is 0. The zero-order chi connectivity index (χ0) is 21.0. The van der Waals surface area contributed by atoms with Crippen molar-refractivity contribution in [1.29, 1.82) is 0 Å². The number of rotatable bonds is 6. The lowest BCUT2D eigenvalue weighted by Crippen LogP contribution is -2.14. The molecule has 150 valence electrons. The molecule has 2 N–H and O–H groups in total. The van der Waals surface area contributed by atoms with Gasteiger partial charge in [0.25, 0.3) is 5.69 Å². The Kier molecular flexibility index (Phi) is 5.87. The molecule has 3 aromatic rings. The van der Waals surface area contributed by atoms with Gasteiger partial charge in [-0.05, 0) is 35.9 Å². The molecule has 1 amide bonds. The summed E-state index contributed by atoms with van der Waals surface area (Å²) < 4.78 is 38.2. The summed E-state index contributed by atoms with van der Waals surface area (Å²) in [6.07, 6.45) is -3.07. The Labute approximate surface area is 166 Å². The zero-order valence-electron chi connectivity index (χ0n) is 14.6. The van der Waals surface area contributed by atoms with Crippen molar-refractivity contribution in [2.75, 3.05) is 11.1 Å². The number of aromatic nitrogens is 2. The number of anilines is 1. The molecular formula is C18H13F3N4O3S. The topological polar surface area (TPSA) is 101 Å². The number of alkyl halides is 3. The van der Waals surface area contributed by atoms with Gasteiger partial charge in [-0.2, -0.15) is 18.3 Å². The lowest BCUT2D eigenvalue weighted by atomic mass is 10.1. The highest BCUT2D eigenvalue weighted by atomic mass is 32.2. The van der Waals surface area contributed by atoms with E-state index in [0.29, 0.717) is 11.8 Å². The first-order chi connectivity index (χ1) is 13.7. The average Bonchev–Trinajstić information content (AvgIpc) is 3.21. The van der Waals surface area contributed by atoms with Crippen molar-refractivity contribution in [3.05, 3.63) is 70.4 Å². The third-order valence-electron chi connectivity index (χ3n) is 3.82. The van der Waals surface area contributed by atoms with Gasteiger partial charge in [-0.15, -0.1) is 11.8 Å². The number of nitrogens with zero attached hydrogens (tertiary/aromatic N) is 2. The summed E-state index contributed by atoms with van der Waals surface area (Å²) in [6, 6.07) is 10.9. The average molecular weight is 422 g/mol. The Morgan fingerprint density at radius 1 is 1.17 bits per heavy atom. The van der Waals surface area contributed by atoms with Crippen LogP contribution in [0.2, 0.25) is 0 Å². The fourth-order valence-electron chi connectivity index (χ4n) is 2.45. The fourth-order valence-corrected chi connectivity index (χ4v) is 3.25. The molecule has 0 bridgehead atoms. The second-order valence-corrected chi connectivity index (χ2v) is 6.84. The monoisotopic (exact) mass is 422 g/mol. The van der Waals surface area contributed by atoms with E-state index in [1.165, 1.54) is 0 Å².